The molecule has 2 aliphatic rings. The van der Waals surface area contributed by atoms with Gasteiger partial charge in [-0.1, -0.05) is 55.3 Å². The Balaban J connectivity index is 0.000000180. The quantitative estimate of drug-likeness (QED) is 0.128. The Kier molecular flexibility index (Phi) is 13.6. The molecule has 0 amide bonds. The summed E-state index contributed by atoms with van der Waals surface area (Å²) in [6.45, 7) is 8.08. The molecule has 1 atom stereocenters. The lowest BCUT2D eigenvalue weighted by Crippen LogP contribution is -2.33. The van der Waals surface area contributed by atoms with E-state index in [4.69, 9.17) is 15.2 Å². The Morgan fingerprint density at radius 3 is 1.66 bits per heavy atom. The second-order valence-electron chi connectivity index (χ2n) is 15.5. The van der Waals surface area contributed by atoms with Gasteiger partial charge in [0.2, 0.25) is 0 Å². The standard InChI is InChI=1S/C27H28F3N5O.C19H21BrN4O/c28-27(29,30)25(31)21-6-4-5-20(15-21)24-17-33-35-18-22(16-32-26(24)35)19-7-9-23(10-8-19)36-14-13-34-11-2-1-3-12-34;20-18-13-22-24-14-16(12-21-19(18)24)15-4-6-17(7-5-15)25-11-10-23-8-2-1-3-9-23/h4-10,15-18,25H,1-3,11-14,31H2;4-7,12-14H,1-3,8-11H2. The summed E-state index contributed by atoms with van der Waals surface area (Å²) in [6.07, 6.45) is 14.1. The lowest BCUT2D eigenvalue weighted by molar-refractivity contribution is -0.149. The minimum atomic E-state index is -4.51. The number of hydrogen-bond donors (Lipinski definition) is 1. The number of fused-ring (bicyclic) bond motifs is 2. The van der Waals surface area contributed by atoms with Crippen LogP contribution in [0.4, 0.5) is 13.2 Å². The number of nitrogens with two attached hydrogens (primary N) is 1. The van der Waals surface area contributed by atoms with Crippen molar-refractivity contribution in [2.24, 2.45) is 5.73 Å². The van der Waals surface area contributed by atoms with E-state index >= 15 is 0 Å². The van der Waals surface area contributed by atoms with Crippen LogP contribution in [-0.4, -0.2) is 97.7 Å². The van der Waals surface area contributed by atoms with Crippen LogP contribution in [0.15, 0.2) is 114 Å². The Bertz CT molecular complexity index is 2500. The highest BCUT2D eigenvalue weighted by molar-refractivity contribution is 9.10. The van der Waals surface area contributed by atoms with Gasteiger partial charge in [0.05, 0.1) is 16.9 Å². The van der Waals surface area contributed by atoms with Gasteiger partial charge >= 0.3 is 6.18 Å². The first-order chi connectivity index (χ1) is 29.7. The minimum absolute atomic E-state index is 0.00536. The summed E-state index contributed by atoms with van der Waals surface area (Å²) in [5.41, 5.74) is 11.9. The number of halogens is 4. The van der Waals surface area contributed by atoms with E-state index in [9.17, 15) is 13.2 Å². The topological polar surface area (TPSA) is 111 Å². The number of aromatic nitrogens is 6. The molecule has 2 N–H and O–H groups in total. The van der Waals surface area contributed by atoms with Gasteiger partial charge in [-0.15, -0.1) is 0 Å². The van der Waals surface area contributed by atoms with Crippen molar-refractivity contribution in [2.75, 3.05) is 52.5 Å². The zero-order valence-electron chi connectivity index (χ0n) is 33.9. The molecule has 1 unspecified atom stereocenters. The molecule has 0 spiro atoms. The molecule has 2 fully saturated rings. The Morgan fingerprint density at radius 2 is 1.11 bits per heavy atom. The van der Waals surface area contributed by atoms with E-state index < -0.39 is 12.2 Å². The van der Waals surface area contributed by atoms with Gasteiger partial charge < -0.3 is 15.2 Å². The maximum Gasteiger partial charge on any atom is 0.407 e. The first-order valence-electron chi connectivity index (χ1n) is 20.8. The molecule has 61 heavy (non-hydrogen) atoms. The van der Waals surface area contributed by atoms with Crippen LogP contribution in [0.1, 0.15) is 50.1 Å². The average molecular weight is 897 g/mol. The summed E-state index contributed by atoms with van der Waals surface area (Å²) in [4.78, 5) is 13.9. The molecular formula is C46H49BrF3N9O2. The van der Waals surface area contributed by atoms with E-state index in [0.717, 1.165) is 76.7 Å². The summed E-state index contributed by atoms with van der Waals surface area (Å²) in [5.74, 6) is 1.74. The van der Waals surface area contributed by atoms with E-state index in [0.29, 0.717) is 23.4 Å². The van der Waals surface area contributed by atoms with Gasteiger partial charge in [0.1, 0.15) is 30.8 Å². The summed E-state index contributed by atoms with van der Waals surface area (Å²) >= 11 is 3.44. The van der Waals surface area contributed by atoms with E-state index in [1.807, 2.05) is 55.0 Å². The molecule has 7 aromatic rings. The van der Waals surface area contributed by atoms with Crippen LogP contribution in [0.3, 0.4) is 0 Å². The third-order valence-electron chi connectivity index (χ3n) is 11.2. The number of piperidine rings is 2. The molecule has 3 aromatic carbocycles. The third-order valence-corrected chi connectivity index (χ3v) is 11.8. The van der Waals surface area contributed by atoms with Gasteiger partial charge in [0.15, 0.2) is 11.3 Å². The van der Waals surface area contributed by atoms with Gasteiger partial charge in [-0.2, -0.15) is 23.4 Å². The molecule has 6 heterocycles. The van der Waals surface area contributed by atoms with E-state index in [1.54, 1.807) is 39.8 Å². The number of benzene rings is 3. The van der Waals surface area contributed by atoms with E-state index in [1.165, 1.54) is 63.7 Å². The molecule has 11 nitrogen and oxygen atoms in total. The zero-order chi connectivity index (χ0) is 42.2. The number of hydrogen-bond acceptors (Lipinski definition) is 9. The van der Waals surface area contributed by atoms with Crippen LogP contribution in [-0.2, 0) is 0 Å². The van der Waals surface area contributed by atoms with Crippen molar-refractivity contribution < 1.29 is 22.6 Å². The summed E-state index contributed by atoms with van der Waals surface area (Å²) < 4.78 is 55.3. The smallest absolute Gasteiger partial charge is 0.407 e. The molecule has 0 bridgehead atoms. The van der Waals surface area contributed by atoms with Crippen molar-refractivity contribution in [3.63, 3.8) is 0 Å². The van der Waals surface area contributed by atoms with Crippen LogP contribution in [0.25, 0.3) is 44.7 Å². The predicted octanol–water partition coefficient (Wildman–Crippen LogP) is 9.51. The first-order valence-corrected chi connectivity index (χ1v) is 21.6. The lowest BCUT2D eigenvalue weighted by Gasteiger charge is -2.26. The van der Waals surface area contributed by atoms with Crippen LogP contribution >= 0.6 is 15.9 Å². The van der Waals surface area contributed by atoms with E-state index in [-0.39, 0.29) is 5.56 Å². The zero-order valence-corrected chi connectivity index (χ0v) is 35.4. The van der Waals surface area contributed by atoms with Gasteiger partial charge in [-0.05, 0) is 120 Å². The van der Waals surface area contributed by atoms with Gasteiger partial charge in [0, 0.05) is 54.6 Å². The van der Waals surface area contributed by atoms with Crippen LogP contribution in [0, 0.1) is 0 Å². The summed E-state index contributed by atoms with van der Waals surface area (Å²) in [6, 6.07) is 20.1. The Labute approximate surface area is 361 Å². The molecule has 9 rings (SSSR count). The molecule has 2 saturated heterocycles. The fourth-order valence-corrected chi connectivity index (χ4v) is 8.12. The highest BCUT2D eigenvalue weighted by atomic mass is 79.9. The van der Waals surface area contributed by atoms with Gasteiger partial charge in [-0.25, -0.2) is 19.0 Å². The molecule has 15 heteroatoms. The fourth-order valence-electron chi connectivity index (χ4n) is 7.75. The molecule has 0 aliphatic carbocycles. The maximum absolute atomic E-state index is 13.1. The Hall–Kier alpha value is -5.35. The highest BCUT2D eigenvalue weighted by Crippen LogP contribution is 2.34. The molecular weight excluding hydrogens is 847 g/mol. The number of nitrogens with zero attached hydrogens (tertiary/aromatic N) is 8. The fraction of sp³-hybridized carbons (Fsp3) is 0.348. The van der Waals surface area contributed by atoms with Crippen molar-refractivity contribution in [3.8, 4) is 44.9 Å². The highest BCUT2D eigenvalue weighted by Gasteiger charge is 2.38. The number of alkyl halides is 3. The van der Waals surface area contributed by atoms with Crippen molar-refractivity contribution in [2.45, 2.75) is 50.7 Å². The summed E-state index contributed by atoms with van der Waals surface area (Å²) in [5, 5.41) is 8.66. The predicted molar refractivity (Wildman–Crippen MR) is 235 cm³/mol. The van der Waals surface area contributed by atoms with Crippen LogP contribution < -0.4 is 15.2 Å². The van der Waals surface area contributed by atoms with Crippen molar-refractivity contribution in [1.82, 2.24) is 39.0 Å². The van der Waals surface area contributed by atoms with Crippen molar-refractivity contribution >= 4 is 27.2 Å². The molecule has 0 saturated carbocycles. The SMILES string of the molecule is Brc1cnn2cc(-c3ccc(OCCN4CCCCC4)cc3)cnc12.NC(c1cccc(-c2cnn3cc(-c4ccc(OCCN5CCCCC5)cc4)cnc23)c1)C(F)(F)F. The molecule has 318 valence electrons. The minimum Gasteiger partial charge on any atom is -0.492 e. The number of rotatable bonds is 12. The second-order valence-corrected chi connectivity index (χ2v) is 16.3. The van der Waals surface area contributed by atoms with E-state index in [2.05, 4.69) is 58.0 Å². The molecule has 0 radical (unpaired) electrons. The second kappa shape index (κ2) is 19.6. The monoisotopic (exact) mass is 895 g/mol. The Morgan fingerprint density at radius 1 is 0.607 bits per heavy atom. The average Bonchev–Trinajstić information content (AvgIpc) is 3.90. The van der Waals surface area contributed by atoms with Crippen LogP contribution in [0.5, 0.6) is 11.5 Å². The van der Waals surface area contributed by atoms with Gasteiger partial charge in [-0.3, -0.25) is 9.80 Å². The number of ether oxygens (including phenoxy) is 2. The first kappa shape index (κ1) is 42.3. The van der Waals surface area contributed by atoms with Crippen molar-refractivity contribution in [3.05, 3.63) is 120 Å². The summed E-state index contributed by atoms with van der Waals surface area (Å²) in [7, 11) is 0. The normalized spacial score (nSPS) is 15.7. The third kappa shape index (κ3) is 10.8. The molecule has 2 aliphatic heterocycles. The maximum atomic E-state index is 13.1. The number of likely N-dealkylation sites (tertiary alicyclic amines) is 2. The largest absolute Gasteiger partial charge is 0.492 e. The molecule has 4 aromatic heterocycles. The van der Waals surface area contributed by atoms with Crippen LogP contribution in [0.2, 0.25) is 0 Å². The van der Waals surface area contributed by atoms with Gasteiger partial charge in [0.25, 0.3) is 0 Å². The lowest BCUT2D eigenvalue weighted by atomic mass is 10.0. The van der Waals surface area contributed by atoms with Crippen molar-refractivity contribution in [1.29, 1.82) is 0 Å².